The summed E-state index contributed by atoms with van der Waals surface area (Å²) in [6.07, 6.45) is 0.950. The largest absolute Gasteiger partial charge is 0.385 e. The summed E-state index contributed by atoms with van der Waals surface area (Å²) in [6, 6.07) is 5.99. The zero-order valence-electron chi connectivity index (χ0n) is 13.2. The molecule has 21 heavy (non-hydrogen) atoms. The number of guanidine groups is 1. The number of nitrogens with one attached hydrogen (secondary N) is 2. The topological polar surface area (TPSA) is 61.8 Å². The second kappa shape index (κ2) is 11.6. The van der Waals surface area contributed by atoms with Crippen LogP contribution in [0.1, 0.15) is 12.1 Å². The molecular weight excluding hydrogens is 381 g/mol. The number of rotatable bonds is 7. The average molecular weight is 407 g/mol. The summed E-state index contributed by atoms with van der Waals surface area (Å²) in [5.74, 6) is 1.73. The average Bonchev–Trinajstić information content (AvgIpc) is 2.47. The van der Waals surface area contributed by atoms with Crippen molar-refractivity contribution in [3.63, 3.8) is 0 Å². The number of hydrogen-bond donors (Lipinski definition) is 2. The summed E-state index contributed by atoms with van der Waals surface area (Å²) in [7, 11) is 7.43. The first-order valence-electron chi connectivity index (χ1n) is 6.74. The Morgan fingerprint density at radius 2 is 2.10 bits per heavy atom. The van der Waals surface area contributed by atoms with Crippen molar-refractivity contribution in [1.82, 2.24) is 15.6 Å². The maximum absolute atomic E-state index is 5.01. The summed E-state index contributed by atoms with van der Waals surface area (Å²) in [5.41, 5.74) is 0.982. The van der Waals surface area contributed by atoms with E-state index in [4.69, 9.17) is 4.74 Å². The molecule has 120 valence electrons. The van der Waals surface area contributed by atoms with Crippen LogP contribution in [0.25, 0.3) is 0 Å². The third-order valence-corrected chi connectivity index (χ3v) is 2.73. The van der Waals surface area contributed by atoms with Gasteiger partial charge in [0, 0.05) is 41.4 Å². The van der Waals surface area contributed by atoms with E-state index in [2.05, 4.69) is 20.6 Å². The van der Waals surface area contributed by atoms with E-state index in [1.54, 1.807) is 14.2 Å². The van der Waals surface area contributed by atoms with E-state index in [-0.39, 0.29) is 24.0 Å². The van der Waals surface area contributed by atoms with Crippen LogP contribution in [0.2, 0.25) is 0 Å². The molecule has 1 heterocycles. The number of aromatic nitrogens is 1. The number of nitrogens with zero attached hydrogens (tertiary/aromatic N) is 3. The molecule has 0 saturated heterocycles. The highest BCUT2D eigenvalue weighted by atomic mass is 127. The van der Waals surface area contributed by atoms with Crippen molar-refractivity contribution >= 4 is 35.8 Å². The van der Waals surface area contributed by atoms with Gasteiger partial charge in [0.25, 0.3) is 0 Å². The third-order valence-electron chi connectivity index (χ3n) is 2.73. The van der Waals surface area contributed by atoms with Gasteiger partial charge in [0.1, 0.15) is 5.82 Å². The first-order chi connectivity index (χ1) is 9.67. The molecule has 1 rings (SSSR count). The lowest BCUT2D eigenvalue weighted by atomic mass is 10.3. The van der Waals surface area contributed by atoms with Gasteiger partial charge in [0.15, 0.2) is 5.96 Å². The molecule has 0 bridgehead atoms. The molecular formula is C14H26IN5O. The van der Waals surface area contributed by atoms with Crippen molar-refractivity contribution in [1.29, 1.82) is 0 Å². The van der Waals surface area contributed by atoms with Crippen LogP contribution >= 0.6 is 24.0 Å². The molecule has 0 aliphatic rings. The number of pyridine rings is 1. The first kappa shape index (κ1) is 19.9. The molecule has 0 aliphatic heterocycles. The van der Waals surface area contributed by atoms with Gasteiger partial charge < -0.3 is 20.3 Å². The van der Waals surface area contributed by atoms with Gasteiger partial charge in [0.2, 0.25) is 0 Å². The molecule has 2 N–H and O–H groups in total. The predicted octanol–water partition coefficient (Wildman–Crippen LogP) is 1.47. The number of anilines is 1. The van der Waals surface area contributed by atoms with Gasteiger partial charge in [0.05, 0.1) is 12.2 Å². The number of ether oxygens (including phenoxy) is 1. The summed E-state index contributed by atoms with van der Waals surface area (Å²) in [5, 5.41) is 6.48. The quantitative estimate of drug-likeness (QED) is 0.310. The molecule has 0 radical (unpaired) electrons. The number of halogens is 1. The van der Waals surface area contributed by atoms with Crippen molar-refractivity contribution in [2.75, 3.05) is 46.3 Å². The van der Waals surface area contributed by atoms with Crippen molar-refractivity contribution < 1.29 is 4.74 Å². The van der Waals surface area contributed by atoms with Gasteiger partial charge in [-0.05, 0) is 18.6 Å². The summed E-state index contributed by atoms with van der Waals surface area (Å²) >= 11 is 0. The Balaban J connectivity index is 0.00000400. The van der Waals surface area contributed by atoms with Gasteiger partial charge in [-0.3, -0.25) is 4.99 Å². The van der Waals surface area contributed by atoms with E-state index in [0.717, 1.165) is 37.0 Å². The minimum atomic E-state index is 0. The molecule has 7 heteroatoms. The Bertz CT molecular complexity index is 426. The predicted molar refractivity (Wildman–Crippen MR) is 98.7 cm³/mol. The van der Waals surface area contributed by atoms with E-state index >= 15 is 0 Å². The summed E-state index contributed by atoms with van der Waals surface area (Å²) in [6.45, 7) is 2.22. The van der Waals surface area contributed by atoms with Gasteiger partial charge in [-0.2, -0.15) is 0 Å². The van der Waals surface area contributed by atoms with Crippen molar-refractivity contribution in [3.05, 3.63) is 23.9 Å². The van der Waals surface area contributed by atoms with E-state index < -0.39 is 0 Å². The van der Waals surface area contributed by atoms with Crippen LogP contribution in [-0.2, 0) is 11.3 Å². The van der Waals surface area contributed by atoms with Crippen LogP contribution in [-0.4, -0.2) is 52.3 Å². The van der Waals surface area contributed by atoms with Crippen LogP contribution < -0.4 is 15.5 Å². The molecule has 1 aromatic heterocycles. The van der Waals surface area contributed by atoms with Crippen LogP contribution in [0.4, 0.5) is 5.82 Å². The molecule has 0 spiro atoms. The Hall–Kier alpha value is -1.09. The van der Waals surface area contributed by atoms with Crippen LogP contribution in [0.5, 0.6) is 0 Å². The van der Waals surface area contributed by atoms with Crippen molar-refractivity contribution in [2.45, 2.75) is 13.0 Å². The van der Waals surface area contributed by atoms with Crippen LogP contribution in [0.3, 0.4) is 0 Å². The second-order valence-electron chi connectivity index (χ2n) is 4.58. The Morgan fingerprint density at radius 1 is 1.33 bits per heavy atom. The number of aliphatic imine (C=N–C) groups is 1. The SMILES string of the molecule is CN=C(NCCCOC)NCc1cccc(N(C)C)n1.I. The molecule has 1 aromatic rings. The zero-order valence-corrected chi connectivity index (χ0v) is 15.5. The van der Waals surface area contributed by atoms with Crippen molar-refractivity contribution in [2.24, 2.45) is 4.99 Å². The van der Waals surface area contributed by atoms with Gasteiger partial charge in [-0.1, -0.05) is 6.07 Å². The minimum absolute atomic E-state index is 0. The number of methoxy groups -OCH3 is 1. The third kappa shape index (κ3) is 8.05. The minimum Gasteiger partial charge on any atom is -0.385 e. The monoisotopic (exact) mass is 407 g/mol. The van der Waals surface area contributed by atoms with Gasteiger partial charge in [-0.25, -0.2) is 4.98 Å². The Labute approximate surface area is 144 Å². The number of hydrogen-bond acceptors (Lipinski definition) is 4. The highest BCUT2D eigenvalue weighted by Crippen LogP contribution is 2.07. The van der Waals surface area contributed by atoms with E-state index in [1.807, 2.05) is 37.2 Å². The Kier molecular flexibility index (Phi) is 11.0. The van der Waals surface area contributed by atoms with Gasteiger partial charge >= 0.3 is 0 Å². The van der Waals surface area contributed by atoms with Crippen LogP contribution in [0, 0.1) is 0 Å². The van der Waals surface area contributed by atoms with Gasteiger partial charge in [-0.15, -0.1) is 24.0 Å². The molecule has 6 nitrogen and oxygen atoms in total. The lowest BCUT2D eigenvalue weighted by Gasteiger charge is -2.14. The molecule has 0 aliphatic carbocycles. The van der Waals surface area contributed by atoms with Crippen molar-refractivity contribution in [3.8, 4) is 0 Å². The molecule has 0 saturated carbocycles. The van der Waals surface area contributed by atoms with Crippen LogP contribution in [0.15, 0.2) is 23.2 Å². The fourth-order valence-electron chi connectivity index (χ4n) is 1.63. The lowest BCUT2D eigenvalue weighted by Crippen LogP contribution is -2.37. The molecule has 0 amide bonds. The Morgan fingerprint density at radius 3 is 2.71 bits per heavy atom. The maximum atomic E-state index is 5.01. The molecule has 0 fully saturated rings. The van der Waals surface area contributed by atoms with E-state index in [1.165, 1.54) is 0 Å². The summed E-state index contributed by atoms with van der Waals surface area (Å²) < 4.78 is 5.01. The van der Waals surface area contributed by atoms with E-state index in [9.17, 15) is 0 Å². The standard InChI is InChI=1S/C14H25N5O.HI/c1-15-14(16-9-6-10-20-4)17-11-12-7-5-8-13(18-12)19(2)3;/h5,7-8H,6,9-11H2,1-4H3,(H2,15,16,17);1H. The first-order valence-corrected chi connectivity index (χ1v) is 6.74. The second-order valence-corrected chi connectivity index (χ2v) is 4.58. The fourth-order valence-corrected chi connectivity index (χ4v) is 1.63. The molecule has 0 unspecified atom stereocenters. The smallest absolute Gasteiger partial charge is 0.191 e. The normalized spacial score (nSPS) is 10.8. The molecule has 0 aromatic carbocycles. The highest BCUT2D eigenvalue weighted by molar-refractivity contribution is 14.0. The maximum Gasteiger partial charge on any atom is 0.191 e. The summed E-state index contributed by atoms with van der Waals surface area (Å²) in [4.78, 5) is 10.7. The highest BCUT2D eigenvalue weighted by Gasteiger charge is 2.01. The van der Waals surface area contributed by atoms with E-state index in [0.29, 0.717) is 6.54 Å². The lowest BCUT2D eigenvalue weighted by molar-refractivity contribution is 0.195. The fraction of sp³-hybridized carbons (Fsp3) is 0.571. The zero-order chi connectivity index (χ0) is 14.8. The molecule has 0 atom stereocenters.